The molecule has 0 saturated heterocycles. The van der Waals surface area contributed by atoms with Gasteiger partial charge in [0.2, 0.25) is 0 Å². The minimum atomic E-state index is 0.674. The van der Waals surface area contributed by atoms with E-state index in [1.54, 1.807) is 12.7 Å². The highest BCUT2D eigenvalue weighted by atomic mass is 15.3. The van der Waals surface area contributed by atoms with Gasteiger partial charge in [0.25, 0.3) is 0 Å². The van der Waals surface area contributed by atoms with Crippen LogP contribution < -0.4 is 5.32 Å². The quantitative estimate of drug-likeness (QED) is 0.697. The molecule has 1 saturated carbocycles. The van der Waals surface area contributed by atoms with Gasteiger partial charge in [-0.3, -0.25) is 4.40 Å². The number of nitrogens with zero attached hydrogens (tertiary/aromatic N) is 5. The zero-order chi connectivity index (χ0) is 11.9. The highest BCUT2D eigenvalue weighted by molar-refractivity contribution is 5.84. The Morgan fingerprint density at radius 2 is 2.28 bits per heavy atom. The van der Waals surface area contributed by atoms with Gasteiger partial charge in [0, 0.05) is 0 Å². The van der Waals surface area contributed by atoms with Gasteiger partial charge in [-0.25, -0.2) is 9.97 Å². The van der Waals surface area contributed by atoms with E-state index in [-0.39, 0.29) is 0 Å². The zero-order valence-corrected chi connectivity index (χ0v) is 9.80. The summed E-state index contributed by atoms with van der Waals surface area (Å²) < 4.78 is 1.90. The average Bonchev–Trinajstić information content (AvgIpc) is 2.92. The lowest BCUT2D eigenvalue weighted by molar-refractivity contribution is 0.615. The third kappa shape index (κ3) is 1.55. The van der Waals surface area contributed by atoms with Gasteiger partial charge in [0.15, 0.2) is 17.1 Å². The molecule has 0 unspecified atom stereocenters. The van der Waals surface area contributed by atoms with Gasteiger partial charge in [-0.05, 0) is 25.3 Å². The Balaban J connectivity index is 1.67. The second kappa shape index (κ2) is 3.74. The molecule has 7 heteroatoms. The molecule has 3 aromatic rings. The monoisotopic (exact) mass is 243 g/mol. The van der Waals surface area contributed by atoms with E-state index in [2.05, 4.69) is 30.5 Å². The van der Waals surface area contributed by atoms with Crippen LogP contribution in [0.2, 0.25) is 0 Å². The molecule has 7 nitrogen and oxygen atoms in total. The maximum Gasteiger partial charge on any atom is 0.189 e. The minimum Gasteiger partial charge on any atom is -0.340 e. The number of H-pyrrole nitrogens is 1. The van der Waals surface area contributed by atoms with Gasteiger partial charge in [0.05, 0.1) is 12.9 Å². The first kappa shape index (κ1) is 9.95. The molecule has 0 amide bonds. The predicted octanol–water partition coefficient (Wildman–Crippen LogP) is 0.500. The molecule has 92 valence electrons. The highest BCUT2D eigenvalue weighted by Crippen LogP contribution is 2.27. The number of aromatic amines is 1. The van der Waals surface area contributed by atoms with Crippen LogP contribution in [-0.2, 0) is 6.54 Å². The van der Waals surface area contributed by atoms with Crippen LogP contribution in [0.3, 0.4) is 0 Å². The molecular formula is C11H13N7. The van der Waals surface area contributed by atoms with Gasteiger partial charge >= 0.3 is 0 Å². The molecule has 0 aliphatic heterocycles. The second-order valence-electron chi connectivity index (χ2n) is 4.73. The molecule has 4 rings (SSSR count). The van der Waals surface area contributed by atoms with Crippen molar-refractivity contribution in [1.82, 2.24) is 34.9 Å². The van der Waals surface area contributed by atoms with Crippen LogP contribution in [0.25, 0.3) is 16.8 Å². The number of fused-ring (bicyclic) bond motifs is 3. The third-order valence-electron chi connectivity index (χ3n) is 3.32. The summed E-state index contributed by atoms with van der Waals surface area (Å²) in [7, 11) is 0. The van der Waals surface area contributed by atoms with Gasteiger partial charge in [-0.1, -0.05) is 0 Å². The number of hydrogen-bond donors (Lipinski definition) is 2. The highest BCUT2D eigenvalue weighted by Gasteiger charge is 2.20. The van der Waals surface area contributed by atoms with Crippen LogP contribution in [0.4, 0.5) is 0 Å². The summed E-state index contributed by atoms with van der Waals surface area (Å²) in [5, 5.41) is 11.8. The van der Waals surface area contributed by atoms with E-state index >= 15 is 0 Å². The molecule has 0 bridgehead atoms. The summed E-state index contributed by atoms with van der Waals surface area (Å²) in [6.07, 6.45) is 6.05. The van der Waals surface area contributed by atoms with Gasteiger partial charge in [0.1, 0.15) is 11.8 Å². The maximum atomic E-state index is 4.27. The Morgan fingerprint density at radius 3 is 3.17 bits per heavy atom. The molecular weight excluding hydrogens is 230 g/mol. The Labute approximate surface area is 103 Å². The largest absolute Gasteiger partial charge is 0.340 e. The lowest BCUT2D eigenvalue weighted by atomic mass is 10.4. The minimum absolute atomic E-state index is 0.674. The summed E-state index contributed by atoms with van der Waals surface area (Å²) in [5.74, 6) is 1.75. The van der Waals surface area contributed by atoms with E-state index in [9.17, 15) is 0 Å². The maximum absolute atomic E-state index is 4.27. The zero-order valence-electron chi connectivity index (χ0n) is 9.80. The van der Waals surface area contributed by atoms with Crippen LogP contribution in [0.5, 0.6) is 0 Å². The van der Waals surface area contributed by atoms with Crippen molar-refractivity contribution in [2.75, 3.05) is 6.54 Å². The molecule has 0 spiro atoms. The van der Waals surface area contributed by atoms with Crippen molar-refractivity contribution in [1.29, 1.82) is 0 Å². The summed E-state index contributed by atoms with van der Waals surface area (Å²) in [5.41, 5.74) is 2.28. The number of aromatic nitrogens is 6. The Bertz CT molecular complexity index is 694. The normalized spacial score (nSPS) is 15.8. The van der Waals surface area contributed by atoms with Crippen LogP contribution in [-0.4, -0.2) is 36.1 Å². The fraction of sp³-hybridized carbons (Fsp3) is 0.455. The molecule has 1 aliphatic carbocycles. The van der Waals surface area contributed by atoms with Gasteiger partial charge < -0.3 is 10.3 Å². The van der Waals surface area contributed by atoms with Crippen LogP contribution in [0, 0.1) is 5.92 Å². The van der Waals surface area contributed by atoms with Crippen LogP contribution in [0.1, 0.15) is 18.7 Å². The van der Waals surface area contributed by atoms with Gasteiger partial charge in [-0.15, -0.1) is 10.2 Å². The SMILES string of the molecule is c1nc2ncn3c(CNCC4CC4)nnc3c2[nH]1. The van der Waals surface area contributed by atoms with Crippen molar-refractivity contribution >= 4 is 16.8 Å². The topological polar surface area (TPSA) is 83.8 Å². The smallest absolute Gasteiger partial charge is 0.189 e. The van der Waals surface area contributed by atoms with Crippen molar-refractivity contribution < 1.29 is 0 Å². The molecule has 0 radical (unpaired) electrons. The predicted molar refractivity (Wildman–Crippen MR) is 64.9 cm³/mol. The van der Waals surface area contributed by atoms with E-state index < -0.39 is 0 Å². The summed E-state index contributed by atoms with van der Waals surface area (Å²) >= 11 is 0. The number of nitrogens with one attached hydrogen (secondary N) is 2. The Hall–Kier alpha value is -2.02. The van der Waals surface area contributed by atoms with E-state index in [1.165, 1.54) is 12.8 Å². The van der Waals surface area contributed by atoms with E-state index in [0.29, 0.717) is 5.65 Å². The first-order valence-electron chi connectivity index (χ1n) is 6.14. The number of rotatable bonds is 4. The fourth-order valence-electron chi connectivity index (χ4n) is 2.11. The summed E-state index contributed by atoms with van der Waals surface area (Å²) in [6.45, 7) is 1.79. The van der Waals surface area contributed by atoms with Crippen molar-refractivity contribution in [2.24, 2.45) is 5.92 Å². The fourth-order valence-corrected chi connectivity index (χ4v) is 2.11. The number of hydrogen-bond acceptors (Lipinski definition) is 5. The van der Waals surface area contributed by atoms with Crippen molar-refractivity contribution in [3.8, 4) is 0 Å². The number of imidazole rings is 1. The molecule has 0 atom stereocenters. The lowest BCUT2D eigenvalue weighted by Crippen LogP contribution is -2.18. The summed E-state index contributed by atoms with van der Waals surface area (Å²) in [6, 6.07) is 0. The van der Waals surface area contributed by atoms with Crippen LogP contribution in [0.15, 0.2) is 12.7 Å². The van der Waals surface area contributed by atoms with E-state index in [0.717, 1.165) is 36.0 Å². The van der Waals surface area contributed by atoms with E-state index in [1.807, 2.05) is 4.40 Å². The van der Waals surface area contributed by atoms with Crippen molar-refractivity contribution in [2.45, 2.75) is 19.4 Å². The lowest BCUT2D eigenvalue weighted by Gasteiger charge is -2.01. The first-order valence-corrected chi connectivity index (χ1v) is 6.14. The summed E-state index contributed by atoms with van der Waals surface area (Å²) in [4.78, 5) is 11.4. The van der Waals surface area contributed by atoms with Gasteiger partial charge in [-0.2, -0.15) is 0 Å². The third-order valence-corrected chi connectivity index (χ3v) is 3.32. The molecule has 0 aromatic carbocycles. The molecule has 1 aliphatic rings. The Morgan fingerprint density at radius 1 is 1.33 bits per heavy atom. The second-order valence-corrected chi connectivity index (χ2v) is 4.73. The molecule has 3 aromatic heterocycles. The molecule has 1 fully saturated rings. The first-order chi connectivity index (χ1) is 8.92. The molecule has 18 heavy (non-hydrogen) atoms. The standard InChI is InChI=1S/C11H13N7/c1-2-7(1)3-12-4-8-16-17-11-9-10(14-5-13-9)15-6-18(8)11/h5-7,12H,1-4H2,(H,13,14). The van der Waals surface area contributed by atoms with Crippen LogP contribution >= 0.6 is 0 Å². The van der Waals surface area contributed by atoms with Crippen molar-refractivity contribution in [3.05, 3.63) is 18.5 Å². The molecule has 3 heterocycles. The average molecular weight is 243 g/mol. The Kier molecular flexibility index (Phi) is 2.07. The van der Waals surface area contributed by atoms with Crippen molar-refractivity contribution in [3.63, 3.8) is 0 Å². The van der Waals surface area contributed by atoms with E-state index in [4.69, 9.17) is 0 Å². The molecule has 2 N–H and O–H groups in total.